The Morgan fingerprint density at radius 3 is 2.35 bits per heavy atom. The Kier molecular flexibility index (Phi) is 5.71. The Balaban J connectivity index is 1.83. The second kappa shape index (κ2) is 7.95. The molecule has 0 aliphatic heterocycles. The van der Waals surface area contributed by atoms with E-state index in [2.05, 4.69) is 5.32 Å². The van der Waals surface area contributed by atoms with Crippen molar-refractivity contribution in [2.75, 3.05) is 6.61 Å². The molecule has 0 aliphatic carbocycles. The fourth-order valence-corrected chi connectivity index (χ4v) is 2.04. The predicted molar refractivity (Wildman–Crippen MR) is 86.6 cm³/mol. The Labute approximate surface area is 134 Å². The second-order valence-electron chi connectivity index (χ2n) is 4.99. The first-order valence-corrected chi connectivity index (χ1v) is 7.18. The third-order valence-corrected chi connectivity index (χ3v) is 3.29. The average Bonchev–Trinajstić information content (AvgIpc) is 2.60. The molecule has 6 nitrogen and oxygen atoms in total. The number of carbonyl (C=O) groups excluding carboxylic acids is 2. The van der Waals surface area contributed by atoms with Gasteiger partial charge in [-0.25, -0.2) is 5.84 Å². The van der Waals surface area contributed by atoms with E-state index in [9.17, 15) is 9.59 Å². The van der Waals surface area contributed by atoms with Crippen molar-refractivity contribution in [1.82, 2.24) is 10.7 Å². The monoisotopic (exact) mass is 313 g/mol. The van der Waals surface area contributed by atoms with E-state index in [0.29, 0.717) is 11.3 Å². The zero-order valence-corrected chi connectivity index (χ0v) is 12.8. The van der Waals surface area contributed by atoms with E-state index in [1.807, 2.05) is 42.7 Å². The number of nitrogens with two attached hydrogens (primary N) is 1. The van der Waals surface area contributed by atoms with Crippen molar-refractivity contribution in [3.63, 3.8) is 0 Å². The Bertz CT molecular complexity index is 657. The molecule has 2 aromatic carbocycles. The van der Waals surface area contributed by atoms with Crippen molar-refractivity contribution in [2.24, 2.45) is 5.84 Å². The van der Waals surface area contributed by atoms with Crippen LogP contribution in [0.1, 0.15) is 28.9 Å². The molecule has 0 heterocycles. The van der Waals surface area contributed by atoms with E-state index in [4.69, 9.17) is 10.6 Å². The quantitative estimate of drug-likeness (QED) is 0.428. The number of rotatable bonds is 6. The number of nitrogen functional groups attached to an aromatic ring is 1. The molecule has 0 aliphatic rings. The molecular weight excluding hydrogens is 294 g/mol. The first kappa shape index (κ1) is 16.5. The lowest BCUT2D eigenvalue weighted by Gasteiger charge is -2.14. The smallest absolute Gasteiger partial charge is 0.265 e. The molecule has 4 N–H and O–H groups in total. The SMILES string of the molecule is CC(NC(=O)COc1ccc(C(=O)NN)cc1)c1ccccc1. The van der Waals surface area contributed by atoms with Crippen molar-refractivity contribution in [3.05, 3.63) is 65.7 Å². The van der Waals surface area contributed by atoms with Crippen LogP contribution in [0.4, 0.5) is 0 Å². The van der Waals surface area contributed by atoms with Gasteiger partial charge in [0.2, 0.25) is 0 Å². The van der Waals surface area contributed by atoms with Gasteiger partial charge in [-0.3, -0.25) is 15.0 Å². The Morgan fingerprint density at radius 1 is 1.09 bits per heavy atom. The molecule has 0 radical (unpaired) electrons. The van der Waals surface area contributed by atoms with Crippen LogP contribution in [0.5, 0.6) is 5.75 Å². The highest BCUT2D eigenvalue weighted by Gasteiger charge is 2.10. The molecule has 2 amide bonds. The molecular formula is C17H19N3O3. The normalized spacial score (nSPS) is 11.4. The highest BCUT2D eigenvalue weighted by molar-refractivity contribution is 5.93. The lowest BCUT2D eigenvalue weighted by molar-refractivity contribution is -0.123. The van der Waals surface area contributed by atoms with Gasteiger partial charge in [0.15, 0.2) is 6.61 Å². The second-order valence-corrected chi connectivity index (χ2v) is 4.99. The molecule has 1 atom stereocenters. The van der Waals surface area contributed by atoms with E-state index in [-0.39, 0.29) is 24.5 Å². The number of ether oxygens (including phenoxy) is 1. The molecule has 0 saturated carbocycles. The van der Waals surface area contributed by atoms with Crippen LogP contribution < -0.4 is 21.3 Å². The van der Waals surface area contributed by atoms with Crippen LogP contribution in [0.25, 0.3) is 0 Å². The molecule has 2 rings (SSSR count). The molecule has 0 spiro atoms. The molecule has 0 fully saturated rings. The average molecular weight is 313 g/mol. The number of amides is 2. The summed E-state index contributed by atoms with van der Waals surface area (Å²) in [6.45, 7) is 1.81. The van der Waals surface area contributed by atoms with Gasteiger partial charge in [-0.1, -0.05) is 30.3 Å². The summed E-state index contributed by atoms with van der Waals surface area (Å²) in [5.74, 6) is 4.95. The van der Waals surface area contributed by atoms with E-state index in [1.54, 1.807) is 24.3 Å². The van der Waals surface area contributed by atoms with E-state index in [0.717, 1.165) is 5.56 Å². The standard InChI is InChI=1S/C17H19N3O3/c1-12(13-5-3-2-4-6-13)19-16(21)11-23-15-9-7-14(8-10-15)17(22)20-18/h2-10,12H,11,18H2,1H3,(H,19,21)(H,20,22). The Morgan fingerprint density at radius 2 is 1.74 bits per heavy atom. The summed E-state index contributed by atoms with van der Waals surface area (Å²) in [6.07, 6.45) is 0. The highest BCUT2D eigenvalue weighted by atomic mass is 16.5. The minimum absolute atomic E-state index is 0.0945. The third-order valence-electron chi connectivity index (χ3n) is 3.29. The van der Waals surface area contributed by atoms with Crippen LogP contribution >= 0.6 is 0 Å². The van der Waals surface area contributed by atoms with Crippen molar-refractivity contribution in [3.8, 4) is 5.75 Å². The van der Waals surface area contributed by atoms with Gasteiger partial charge in [0.05, 0.1) is 6.04 Å². The summed E-state index contributed by atoms with van der Waals surface area (Å²) in [5, 5.41) is 2.86. The van der Waals surface area contributed by atoms with Gasteiger partial charge in [0.25, 0.3) is 11.8 Å². The Hall–Kier alpha value is -2.86. The fraction of sp³-hybridized carbons (Fsp3) is 0.176. The number of hydrogen-bond donors (Lipinski definition) is 3. The fourth-order valence-electron chi connectivity index (χ4n) is 2.04. The summed E-state index contributed by atoms with van der Waals surface area (Å²) in [7, 11) is 0. The van der Waals surface area contributed by atoms with Crippen LogP contribution in [0.3, 0.4) is 0 Å². The maximum Gasteiger partial charge on any atom is 0.265 e. The lowest BCUT2D eigenvalue weighted by Crippen LogP contribution is -2.31. The molecule has 6 heteroatoms. The maximum atomic E-state index is 11.9. The lowest BCUT2D eigenvalue weighted by atomic mass is 10.1. The summed E-state index contributed by atoms with van der Waals surface area (Å²) < 4.78 is 5.40. The zero-order valence-electron chi connectivity index (χ0n) is 12.8. The van der Waals surface area contributed by atoms with Crippen LogP contribution in [0.15, 0.2) is 54.6 Å². The van der Waals surface area contributed by atoms with Gasteiger partial charge >= 0.3 is 0 Å². The van der Waals surface area contributed by atoms with Crippen molar-refractivity contribution in [2.45, 2.75) is 13.0 Å². The molecule has 120 valence electrons. The van der Waals surface area contributed by atoms with Crippen molar-refractivity contribution in [1.29, 1.82) is 0 Å². The summed E-state index contributed by atoms with van der Waals surface area (Å²) >= 11 is 0. The van der Waals surface area contributed by atoms with Gasteiger partial charge < -0.3 is 10.1 Å². The predicted octanol–water partition coefficient (Wildman–Crippen LogP) is 1.55. The van der Waals surface area contributed by atoms with Crippen molar-refractivity contribution >= 4 is 11.8 Å². The van der Waals surface area contributed by atoms with Gasteiger partial charge in [0, 0.05) is 5.56 Å². The first-order chi connectivity index (χ1) is 11.1. The van der Waals surface area contributed by atoms with Crippen LogP contribution in [0.2, 0.25) is 0 Å². The molecule has 23 heavy (non-hydrogen) atoms. The number of nitrogens with one attached hydrogen (secondary N) is 2. The van der Waals surface area contributed by atoms with Gasteiger partial charge in [-0.15, -0.1) is 0 Å². The van der Waals surface area contributed by atoms with E-state index >= 15 is 0 Å². The van der Waals surface area contributed by atoms with E-state index in [1.165, 1.54) is 0 Å². The minimum Gasteiger partial charge on any atom is -0.484 e. The largest absolute Gasteiger partial charge is 0.484 e. The van der Waals surface area contributed by atoms with Gasteiger partial charge in [-0.05, 0) is 36.8 Å². The number of hydrazine groups is 1. The van der Waals surface area contributed by atoms with Crippen LogP contribution in [-0.2, 0) is 4.79 Å². The molecule has 0 aromatic heterocycles. The first-order valence-electron chi connectivity index (χ1n) is 7.18. The maximum absolute atomic E-state index is 11.9. The van der Waals surface area contributed by atoms with Gasteiger partial charge in [-0.2, -0.15) is 0 Å². The zero-order chi connectivity index (χ0) is 16.7. The molecule has 0 bridgehead atoms. The highest BCUT2D eigenvalue weighted by Crippen LogP contribution is 2.13. The number of benzene rings is 2. The van der Waals surface area contributed by atoms with E-state index < -0.39 is 0 Å². The summed E-state index contributed by atoms with van der Waals surface area (Å²) in [6, 6.07) is 15.9. The molecule has 1 unspecified atom stereocenters. The molecule has 2 aromatic rings. The number of hydrogen-bond acceptors (Lipinski definition) is 4. The summed E-state index contributed by atoms with van der Waals surface area (Å²) in [4.78, 5) is 23.2. The number of carbonyl (C=O) groups is 2. The third kappa shape index (κ3) is 4.82. The molecule has 0 saturated heterocycles. The minimum atomic E-state index is -0.383. The van der Waals surface area contributed by atoms with Gasteiger partial charge in [0.1, 0.15) is 5.75 Å². The van der Waals surface area contributed by atoms with Crippen molar-refractivity contribution < 1.29 is 14.3 Å². The van der Waals surface area contributed by atoms with Crippen LogP contribution in [0, 0.1) is 0 Å². The van der Waals surface area contributed by atoms with Crippen LogP contribution in [-0.4, -0.2) is 18.4 Å². The topological polar surface area (TPSA) is 93.4 Å². The summed E-state index contributed by atoms with van der Waals surface area (Å²) in [5.41, 5.74) is 3.49.